The van der Waals surface area contributed by atoms with Crippen molar-refractivity contribution in [2.45, 2.75) is 18.4 Å². The summed E-state index contributed by atoms with van der Waals surface area (Å²) in [5.41, 5.74) is 1.61. The molecule has 0 saturated carbocycles. The normalized spacial score (nSPS) is 11.6. The van der Waals surface area contributed by atoms with E-state index in [1.165, 1.54) is 10.9 Å². The van der Waals surface area contributed by atoms with Crippen molar-refractivity contribution in [2.75, 3.05) is 13.2 Å². The molecule has 4 aromatic carbocycles. The zero-order valence-electron chi connectivity index (χ0n) is 20.3. The quantitative estimate of drug-likeness (QED) is 0.167. The molecule has 0 aliphatic heterocycles. The molecule has 1 heterocycles. The number of esters is 1. The molecule has 0 aliphatic rings. The van der Waals surface area contributed by atoms with Crippen molar-refractivity contribution in [3.63, 3.8) is 0 Å². The van der Waals surface area contributed by atoms with E-state index in [1.54, 1.807) is 48.7 Å². The number of nitrogens with one attached hydrogen (secondary N) is 1. The summed E-state index contributed by atoms with van der Waals surface area (Å²) in [4.78, 5) is 11.3. The number of benzene rings is 4. The van der Waals surface area contributed by atoms with Crippen LogP contribution in [0.3, 0.4) is 0 Å². The van der Waals surface area contributed by atoms with Crippen molar-refractivity contribution in [3.05, 3.63) is 103 Å². The largest absolute Gasteiger partial charge is 0.492 e. The molecule has 0 atom stereocenters. The zero-order chi connectivity index (χ0) is 25.8. The second-order valence-electron chi connectivity index (χ2n) is 8.55. The maximum atomic E-state index is 13.6. The number of rotatable bonds is 9. The molecule has 7 nitrogen and oxygen atoms in total. The first-order valence-electron chi connectivity index (χ1n) is 11.9. The summed E-state index contributed by atoms with van der Waals surface area (Å²) in [5.74, 6) is 0.790. The van der Waals surface area contributed by atoms with Gasteiger partial charge in [-0.3, -0.25) is 4.79 Å². The van der Waals surface area contributed by atoms with Gasteiger partial charge in [-0.2, -0.15) is 0 Å². The molecule has 0 radical (unpaired) electrons. The van der Waals surface area contributed by atoms with Crippen LogP contribution in [0.1, 0.15) is 12.5 Å². The Morgan fingerprint density at radius 2 is 1.62 bits per heavy atom. The van der Waals surface area contributed by atoms with Gasteiger partial charge in [-0.1, -0.05) is 54.6 Å². The lowest BCUT2D eigenvalue weighted by atomic mass is 10.1. The molecule has 1 N–H and O–H groups in total. The maximum absolute atomic E-state index is 13.6. The van der Waals surface area contributed by atoms with Gasteiger partial charge in [0.25, 0.3) is 10.0 Å². The van der Waals surface area contributed by atoms with Crippen LogP contribution in [-0.4, -0.2) is 31.5 Å². The first kappa shape index (κ1) is 24.5. The van der Waals surface area contributed by atoms with Crippen molar-refractivity contribution in [3.8, 4) is 11.5 Å². The lowest BCUT2D eigenvalue weighted by Crippen LogP contribution is -2.20. The van der Waals surface area contributed by atoms with Gasteiger partial charge in [0.2, 0.25) is 0 Å². The monoisotopic (exact) mass is 514 g/mol. The highest BCUT2D eigenvalue weighted by Crippen LogP contribution is 2.31. The van der Waals surface area contributed by atoms with Gasteiger partial charge in [0.1, 0.15) is 18.1 Å². The molecular weight excluding hydrogens is 488 g/mol. The Morgan fingerprint density at radius 1 is 0.865 bits per heavy atom. The SMILES string of the molecule is CC(=O)Oc1ccc(CNCCOc2cccc3c2ccn3S(=O)(=O)c2cccc3ccccc23)cc1. The van der Waals surface area contributed by atoms with Crippen LogP contribution in [0.25, 0.3) is 21.7 Å². The third kappa shape index (κ3) is 5.21. The van der Waals surface area contributed by atoms with Crippen LogP contribution in [0.2, 0.25) is 0 Å². The Kier molecular flexibility index (Phi) is 6.94. The van der Waals surface area contributed by atoms with Crippen LogP contribution in [0, 0.1) is 0 Å². The number of carbonyl (C=O) groups excluding carboxylic acids is 1. The topological polar surface area (TPSA) is 86.6 Å². The Hall–Kier alpha value is -4.14. The van der Waals surface area contributed by atoms with Crippen LogP contribution >= 0.6 is 0 Å². The van der Waals surface area contributed by atoms with Crippen molar-refractivity contribution in [2.24, 2.45) is 0 Å². The summed E-state index contributed by atoms with van der Waals surface area (Å²) in [5, 5.41) is 5.60. The number of aromatic nitrogens is 1. The number of ether oxygens (including phenoxy) is 2. The van der Waals surface area contributed by atoms with Crippen molar-refractivity contribution in [1.29, 1.82) is 0 Å². The highest BCUT2D eigenvalue weighted by Gasteiger charge is 2.22. The molecule has 0 unspecified atom stereocenters. The molecule has 37 heavy (non-hydrogen) atoms. The smallest absolute Gasteiger partial charge is 0.308 e. The fourth-order valence-electron chi connectivity index (χ4n) is 4.28. The summed E-state index contributed by atoms with van der Waals surface area (Å²) in [6, 6.07) is 27.2. The van der Waals surface area contributed by atoms with Gasteiger partial charge in [0.05, 0.1) is 10.4 Å². The average Bonchev–Trinajstić information content (AvgIpc) is 3.35. The van der Waals surface area contributed by atoms with Crippen LogP contribution in [0.15, 0.2) is 102 Å². The fourth-order valence-corrected chi connectivity index (χ4v) is 5.85. The number of carbonyl (C=O) groups is 1. The van der Waals surface area contributed by atoms with E-state index in [0.717, 1.165) is 16.3 Å². The van der Waals surface area contributed by atoms with Crippen molar-refractivity contribution < 1.29 is 22.7 Å². The summed E-state index contributed by atoms with van der Waals surface area (Å²) >= 11 is 0. The van der Waals surface area contributed by atoms with E-state index < -0.39 is 10.0 Å². The van der Waals surface area contributed by atoms with Crippen molar-refractivity contribution >= 4 is 37.7 Å². The Labute approximate surface area is 215 Å². The van der Waals surface area contributed by atoms with Gasteiger partial charge in [0, 0.05) is 37.0 Å². The van der Waals surface area contributed by atoms with E-state index in [-0.39, 0.29) is 10.9 Å². The highest BCUT2D eigenvalue weighted by molar-refractivity contribution is 7.90. The minimum atomic E-state index is -3.81. The van der Waals surface area contributed by atoms with E-state index in [2.05, 4.69) is 5.32 Å². The first-order valence-corrected chi connectivity index (χ1v) is 13.3. The maximum Gasteiger partial charge on any atom is 0.308 e. The predicted molar refractivity (Wildman–Crippen MR) is 143 cm³/mol. The summed E-state index contributed by atoms with van der Waals surface area (Å²) in [7, 11) is -3.81. The van der Waals surface area contributed by atoms with Crippen LogP contribution < -0.4 is 14.8 Å². The van der Waals surface area contributed by atoms with Gasteiger partial charge in [-0.25, -0.2) is 12.4 Å². The standard InChI is InChI=1S/C29H26N2O5S/c1-21(32)36-24-14-12-22(13-15-24)20-30-17-19-35-28-10-5-9-27-26(28)16-18-31(27)37(33,34)29-11-4-7-23-6-2-3-8-25(23)29/h2-16,18,30H,17,19-20H2,1H3. The second-order valence-corrected chi connectivity index (χ2v) is 10.3. The van der Waals surface area contributed by atoms with Gasteiger partial charge >= 0.3 is 5.97 Å². The molecule has 0 aliphatic carbocycles. The lowest BCUT2D eigenvalue weighted by molar-refractivity contribution is -0.131. The number of fused-ring (bicyclic) bond motifs is 2. The summed E-state index contributed by atoms with van der Waals surface area (Å²) in [6.45, 7) is 3.01. The van der Waals surface area contributed by atoms with Crippen LogP contribution in [-0.2, 0) is 21.4 Å². The minimum Gasteiger partial charge on any atom is -0.492 e. The van der Waals surface area contributed by atoms with Gasteiger partial charge in [0.15, 0.2) is 0 Å². The molecule has 0 amide bonds. The van der Waals surface area contributed by atoms with Crippen LogP contribution in [0.5, 0.6) is 11.5 Å². The second kappa shape index (κ2) is 10.5. The molecule has 1 aromatic heterocycles. The molecule has 0 bridgehead atoms. The van der Waals surface area contributed by atoms with Crippen LogP contribution in [0.4, 0.5) is 0 Å². The minimum absolute atomic E-state index is 0.263. The summed E-state index contributed by atoms with van der Waals surface area (Å²) in [6.07, 6.45) is 1.58. The zero-order valence-corrected chi connectivity index (χ0v) is 21.1. The molecule has 5 aromatic rings. The molecule has 188 valence electrons. The third-order valence-electron chi connectivity index (χ3n) is 5.99. The van der Waals surface area contributed by atoms with Gasteiger partial charge in [-0.15, -0.1) is 0 Å². The van der Waals surface area contributed by atoms with E-state index in [0.29, 0.717) is 42.1 Å². The first-order chi connectivity index (χ1) is 17.9. The van der Waals surface area contributed by atoms with E-state index in [1.807, 2.05) is 48.5 Å². The fraction of sp³-hybridized carbons (Fsp3) is 0.138. The molecule has 8 heteroatoms. The number of hydrogen-bond acceptors (Lipinski definition) is 6. The number of hydrogen-bond donors (Lipinski definition) is 1. The molecule has 0 saturated heterocycles. The number of nitrogens with zero attached hydrogens (tertiary/aromatic N) is 1. The Balaban J connectivity index is 1.27. The average molecular weight is 515 g/mol. The molecule has 0 fully saturated rings. The van der Waals surface area contributed by atoms with E-state index in [9.17, 15) is 13.2 Å². The lowest BCUT2D eigenvalue weighted by Gasteiger charge is -2.12. The molecule has 5 rings (SSSR count). The van der Waals surface area contributed by atoms with Gasteiger partial charge in [-0.05, 0) is 47.3 Å². The predicted octanol–water partition coefficient (Wildman–Crippen LogP) is 5.13. The third-order valence-corrected chi connectivity index (χ3v) is 7.74. The molecule has 0 spiro atoms. The van der Waals surface area contributed by atoms with Crippen molar-refractivity contribution in [1.82, 2.24) is 9.29 Å². The highest BCUT2D eigenvalue weighted by atomic mass is 32.2. The Bertz CT molecular complexity index is 1670. The Morgan fingerprint density at radius 3 is 2.43 bits per heavy atom. The van der Waals surface area contributed by atoms with E-state index in [4.69, 9.17) is 9.47 Å². The van der Waals surface area contributed by atoms with Gasteiger partial charge < -0.3 is 14.8 Å². The molecular formula is C29H26N2O5S. The van der Waals surface area contributed by atoms with E-state index >= 15 is 0 Å². The summed E-state index contributed by atoms with van der Waals surface area (Å²) < 4.78 is 39.6.